The summed E-state index contributed by atoms with van der Waals surface area (Å²) in [5.74, 6) is -0.328. The molecule has 0 aliphatic carbocycles. The highest BCUT2D eigenvalue weighted by atomic mass is 35.5. The van der Waals surface area contributed by atoms with Crippen LogP contribution in [0.3, 0.4) is 0 Å². The van der Waals surface area contributed by atoms with Crippen LogP contribution in [0, 0.1) is 0 Å². The Bertz CT molecular complexity index is 612. The van der Waals surface area contributed by atoms with Crippen LogP contribution in [0.5, 0.6) is 5.75 Å². The van der Waals surface area contributed by atoms with Crippen molar-refractivity contribution in [3.8, 4) is 5.75 Å². The molecule has 0 fully saturated rings. The molecule has 3 nitrogen and oxygen atoms in total. The Kier molecular flexibility index (Phi) is 4.61. The summed E-state index contributed by atoms with van der Waals surface area (Å²) >= 11 is 12.0. The number of pyridine rings is 1. The van der Waals surface area contributed by atoms with Gasteiger partial charge in [-0.15, -0.1) is 13.2 Å². The molecule has 0 saturated carbocycles. The van der Waals surface area contributed by atoms with Crippen LogP contribution in [-0.4, -0.2) is 11.3 Å². The molecule has 1 aromatic heterocycles. The first kappa shape index (κ1) is 15.9. The number of nitrogens with two attached hydrogens (primary N) is 1. The first-order valence-electron chi connectivity index (χ1n) is 5.68. The molecule has 1 atom stereocenters. The molecular weight excluding hydrogens is 328 g/mol. The van der Waals surface area contributed by atoms with Gasteiger partial charge >= 0.3 is 6.36 Å². The molecule has 0 bridgehead atoms. The van der Waals surface area contributed by atoms with Gasteiger partial charge in [0.1, 0.15) is 5.75 Å². The predicted octanol–water partition coefficient (Wildman–Crippen LogP) is 4.34. The maximum absolute atomic E-state index is 12.1. The zero-order valence-electron chi connectivity index (χ0n) is 10.4. The lowest BCUT2D eigenvalue weighted by Crippen LogP contribution is -2.17. The SMILES string of the molecule is N[C@@H](c1ccc(OC(F)(F)F)cc1)c1c(Cl)cncc1Cl. The Morgan fingerprint density at radius 3 is 2.05 bits per heavy atom. The summed E-state index contributed by atoms with van der Waals surface area (Å²) < 4.78 is 40.0. The van der Waals surface area contributed by atoms with E-state index in [2.05, 4.69) is 9.72 Å². The number of halogens is 5. The average molecular weight is 337 g/mol. The minimum absolute atomic E-state index is 0.283. The lowest BCUT2D eigenvalue weighted by molar-refractivity contribution is -0.274. The van der Waals surface area contributed by atoms with E-state index in [4.69, 9.17) is 28.9 Å². The van der Waals surface area contributed by atoms with E-state index in [0.717, 1.165) is 0 Å². The summed E-state index contributed by atoms with van der Waals surface area (Å²) in [5.41, 5.74) is 7.03. The molecule has 1 heterocycles. The minimum atomic E-state index is -4.73. The van der Waals surface area contributed by atoms with Crippen molar-refractivity contribution in [1.29, 1.82) is 0 Å². The fraction of sp³-hybridized carbons (Fsp3) is 0.154. The van der Waals surface area contributed by atoms with Crippen LogP contribution in [0.25, 0.3) is 0 Å². The Labute approximate surface area is 128 Å². The van der Waals surface area contributed by atoms with E-state index in [-0.39, 0.29) is 15.8 Å². The molecule has 2 aromatic rings. The van der Waals surface area contributed by atoms with Gasteiger partial charge in [-0.25, -0.2) is 0 Å². The highest BCUT2D eigenvalue weighted by Gasteiger charge is 2.31. The summed E-state index contributed by atoms with van der Waals surface area (Å²) in [6, 6.07) is 4.49. The zero-order valence-corrected chi connectivity index (χ0v) is 11.9. The molecule has 112 valence electrons. The molecule has 0 saturated heterocycles. The fourth-order valence-electron chi connectivity index (χ4n) is 1.76. The first-order valence-corrected chi connectivity index (χ1v) is 6.43. The number of benzene rings is 1. The van der Waals surface area contributed by atoms with Crippen LogP contribution in [0.4, 0.5) is 13.2 Å². The molecule has 0 aliphatic heterocycles. The molecule has 0 spiro atoms. The van der Waals surface area contributed by atoms with Crippen molar-refractivity contribution >= 4 is 23.2 Å². The molecule has 2 N–H and O–H groups in total. The van der Waals surface area contributed by atoms with E-state index in [1.165, 1.54) is 36.7 Å². The molecule has 1 aromatic carbocycles. The van der Waals surface area contributed by atoms with Gasteiger partial charge in [0.05, 0.1) is 16.1 Å². The van der Waals surface area contributed by atoms with Crippen LogP contribution in [0.2, 0.25) is 10.0 Å². The summed E-state index contributed by atoms with van der Waals surface area (Å²) in [4.78, 5) is 3.81. The van der Waals surface area contributed by atoms with Crippen molar-refractivity contribution in [2.24, 2.45) is 5.73 Å². The van der Waals surface area contributed by atoms with E-state index >= 15 is 0 Å². The number of rotatable bonds is 3. The van der Waals surface area contributed by atoms with E-state index in [9.17, 15) is 13.2 Å². The summed E-state index contributed by atoms with van der Waals surface area (Å²) in [6.45, 7) is 0. The third kappa shape index (κ3) is 4.00. The molecule has 0 unspecified atom stereocenters. The Hall–Kier alpha value is -1.50. The van der Waals surface area contributed by atoms with Crippen molar-refractivity contribution in [2.75, 3.05) is 0 Å². The molecule has 0 amide bonds. The minimum Gasteiger partial charge on any atom is -0.406 e. The van der Waals surface area contributed by atoms with Gasteiger partial charge < -0.3 is 10.5 Å². The Balaban J connectivity index is 2.26. The van der Waals surface area contributed by atoms with Crippen LogP contribution in [-0.2, 0) is 0 Å². The van der Waals surface area contributed by atoms with Crippen LogP contribution < -0.4 is 10.5 Å². The standard InChI is InChI=1S/C13H9Cl2F3N2O/c14-9-5-20-6-10(15)11(9)12(19)7-1-3-8(4-2-7)21-13(16,17)18/h1-6,12H,19H2/t12-/m0/s1. The van der Waals surface area contributed by atoms with Crippen molar-refractivity contribution < 1.29 is 17.9 Å². The number of hydrogen-bond acceptors (Lipinski definition) is 3. The highest BCUT2D eigenvalue weighted by Crippen LogP contribution is 2.32. The van der Waals surface area contributed by atoms with Crippen molar-refractivity contribution in [3.05, 3.63) is 57.8 Å². The second-order valence-electron chi connectivity index (χ2n) is 4.11. The van der Waals surface area contributed by atoms with Crippen molar-refractivity contribution in [1.82, 2.24) is 4.98 Å². The number of aromatic nitrogens is 1. The van der Waals surface area contributed by atoms with Gasteiger partial charge in [-0.05, 0) is 17.7 Å². The molecule has 8 heteroatoms. The maximum Gasteiger partial charge on any atom is 0.573 e. The predicted molar refractivity (Wildman–Crippen MR) is 73.4 cm³/mol. The summed E-state index contributed by atoms with van der Waals surface area (Å²) in [7, 11) is 0. The molecule has 0 radical (unpaired) electrons. The summed E-state index contributed by atoms with van der Waals surface area (Å²) in [5, 5.41) is 0.566. The smallest absolute Gasteiger partial charge is 0.406 e. The number of nitrogens with zero attached hydrogens (tertiary/aromatic N) is 1. The van der Waals surface area contributed by atoms with Crippen molar-refractivity contribution in [2.45, 2.75) is 12.4 Å². The van der Waals surface area contributed by atoms with E-state index in [0.29, 0.717) is 11.1 Å². The normalized spacial score (nSPS) is 13.0. The number of alkyl halides is 3. The van der Waals surface area contributed by atoms with Crippen LogP contribution >= 0.6 is 23.2 Å². The van der Waals surface area contributed by atoms with E-state index in [1.807, 2.05) is 0 Å². The van der Waals surface area contributed by atoms with Gasteiger partial charge in [-0.3, -0.25) is 4.98 Å². The van der Waals surface area contributed by atoms with E-state index in [1.54, 1.807) is 0 Å². The Morgan fingerprint density at radius 1 is 1.05 bits per heavy atom. The lowest BCUT2D eigenvalue weighted by atomic mass is 10.0. The lowest BCUT2D eigenvalue weighted by Gasteiger charge is -2.16. The molecule has 21 heavy (non-hydrogen) atoms. The topological polar surface area (TPSA) is 48.1 Å². The molecule has 0 aliphatic rings. The fourth-order valence-corrected chi connectivity index (χ4v) is 2.36. The summed E-state index contributed by atoms with van der Waals surface area (Å²) in [6.07, 6.45) is -1.95. The van der Waals surface area contributed by atoms with Gasteiger partial charge in [0.2, 0.25) is 0 Å². The maximum atomic E-state index is 12.1. The van der Waals surface area contributed by atoms with Crippen LogP contribution in [0.15, 0.2) is 36.7 Å². The zero-order chi connectivity index (χ0) is 15.6. The van der Waals surface area contributed by atoms with Crippen LogP contribution in [0.1, 0.15) is 17.2 Å². The highest BCUT2D eigenvalue weighted by molar-refractivity contribution is 6.35. The van der Waals surface area contributed by atoms with Crippen molar-refractivity contribution in [3.63, 3.8) is 0 Å². The quantitative estimate of drug-likeness (QED) is 0.907. The van der Waals surface area contributed by atoms with Gasteiger partial charge in [0, 0.05) is 18.0 Å². The monoisotopic (exact) mass is 336 g/mol. The average Bonchev–Trinajstić information content (AvgIpc) is 2.37. The van der Waals surface area contributed by atoms with Gasteiger partial charge in [-0.1, -0.05) is 35.3 Å². The largest absolute Gasteiger partial charge is 0.573 e. The second-order valence-corrected chi connectivity index (χ2v) is 4.93. The third-order valence-corrected chi connectivity index (χ3v) is 3.28. The van der Waals surface area contributed by atoms with E-state index < -0.39 is 12.4 Å². The third-order valence-electron chi connectivity index (χ3n) is 2.67. The Morgan fingerprint density at radius 2 is 1.57 bits per heavy atom. The number of ether oxygens (including phenoxy) is 1. The molecular formula is C13H9Cl2F3N2O. The van der Waals surface area contributed by atoms with Gasteiger partial charge in [0.25, 0.3) is 0 Å². The number of hydrogen-bond donors (Lipinski definition) is 1. The molecule has 2 rings (SSSR count). The van der Waals surface area contributed by atoms with Gasteiger partial charge in [-0.2, -0.15) is 0 Å². The second kappa shape index (κ2) is 6.09. The van der Waals surface area contributed by atoms with Gasteiger partial charge in [0.15, 0.2) is 0 Å². The first-order chi connectivity index (χ1) is 9.78.